The van der Waals surface area contributed by atoms with E-state index in [1.807, 2.05) is 123 Å². The van der Waals surface area contributed by atoms with Crippen LogP contribution in [0.15, 0.2) is 584 Å². The Morgan fingerprint density at radius 1 is 0.386 bits per heavy atom. The number of rotatable bonds is 34. The zero-order valence-corrected chi connectivity index (χ0v) is 76.7. The maximum Gasteiger partial charge on any atom is 0.0534 e. The molecule has 14 aromatic rings. The van der Waals surface area contributed by atoms with Crippen LogP contribution in [0.4, 0.5) is 22.7 Å². The first-order valence-corrected chi connectivity index (χ1v) is 45.4. The molecular weight excluding hydrogens is 1590 g/mol. The molecule has 0 saturated carbocycles. The molecule has 4 nitrogen and oxygen atoms in total. The predicted molar refractivity (Wildman–Crippen MR) is 577 cm³/mol. The summed E-state index contributed by atoms with van der Waals surface area (Å²) in [7, 11) is 0. The molecule has 0 radical (unpaired) electrons. The highest BCUT2D eigenvalue weighted by molar-refractivity contribution is 6.01. The summed E-state index contributed by atoms with van der Waals surface area (Å²) in [5, 5.41) is 1.24. The molecule has 0 N–H and O–H groups in total. The third kappa shape index (κ3) is 26.7. The van der Waals surface area contributed by atoms with E-state index >= 15 is 0 Å². The molecule has 1 aromatic heterocycles. The number of hydrogen-bond acceptors (Lipinski definition) is 3. The van der Waals surface area contributed by atoms with Crippen LogP contribution in [0.25, 0.3) is 88.9 Å². The molecule has 0 spiro atoms. The first kappa shape index (κ1) is 95.0. The van der Waals surface area contributed by atoms with E-state index in [-0.39, 0.29) is 11.8 Å². The molecule has 1 aliphatic rings. The van der Waals surface area contributed by atoms with E-state index < -0.39 is 0 Å². The maximum absolute atomic E-state index is 4.13. The standard InChI is InChI=1S/C44H34N2.C42H45N.C36H35N.C6H6/c1-5-14-33(15-6-1)34-24-26-38(27-25-34)46(37-20-11-4-12-21-37)39-28-29-41(43(32-39)35-16-7-2-8-17-35)40-22-13-23-44-42(40)30-31-45(44)36-18-9-3-10-19-36;1-8-14-16-18-25-37(12-5)27-22-33-43(35(7)24-15-9-2)40-31-32-41(42(34-40)39-28-19-17-20-29-39)38(13-6)30-21-26-36(11-4)23-10-3;1-4-6-17-29(3)37(27-16-24-30(5-2)31-18-10-7-11-19-31)34-25-26-35(32-20-12-8-13-21-32)36(28-34)33-22-14-9-15-23-33;1-2-4-6-5-3-1/h1-11,13-20,22-32H,12,21H2;8-26,28-34,37H,1,3-6,27H2,2,7H3;4-23,25-28,30H,2,24H2,1,3H3;1-6H/b;15-9-,16-14-,25-18+,26-21+,33-22+,35-24+,36-23+,38-30+;6-4-,27-16+,29-17+;. The number of benzene rings is 13. The van der Waals surface area contributed by atoms with Crippen molar-refractivity contribution >= 4 is 39.2 Å². The van der Waals surface area contributed by atoms with Crippen molar-refractivity contribution in [2.24, 2.45) is 5.92 Å². The number of aromatic nitrogens is 1. The molecule has 1 heterocycles. The van der Waals surface area contributed by atoms with E-state index in [2.05, 4.69) is 473 Å². The van der Waals surface area contributed by atoms with Crippen molar-refractivity contribution in [1.82, 2.24) is 4.57 Å². The van der Waals surface area contributed by atoms with E-state index in [1.54, 1.807) is 12.2 Å². The molecule has 4 heteroatoms. The van der Waals surface area contributed by atoms with Crippen molar-refractivity contribution < 1.29 is 0 Å². The Morgan fingerprint density at radius 3 is 1.42 bits per heavy atom. The number of nitrogens with zero attached hydrogens (tertiary/aromatic N) is 4. The average Bonchev–Trinajstić information content (AvgIpc) is 1.48. The molecule has 2 unspecified atom stereocenters. The molecule has 15 rings (SSSR count). The quantitative estimate of drug-likeness (QED) is 0.0295. The van der Waals surface area contributed by atoms with E-state index in [4.69, 9.17) is 0 Å². The summed E-state index contributed by atoms with van der Waals surface area (Å²) in [5.74, 6) is 0.505. The lowest BCUT2D eigenvalue weighted by Gasteiger charge is -2.30. The Bertz CT molecular complexity index is 6470. The zero-order chi connectivity index (χ0) is 92.1. The zero-order valence-electron chi connectivity index (χ0n) is 76.7. The van der Waals surface area contributed by atoms with Gasteiger partial charge in [0.25, 0.3) is 0 Å². The maximum atomic E-state index is 4.13. The van der Waals surface area contributed by atoms with Gasteiger partial charge in [0, 0.05) is 75.4 Å². The number of anilines is 4. The van der Waals surface area contributed by atoms with Crippen LogP contribution in [0.2, 0.25) is 0 Å². The van der Waals surface area contributed by atoms with Crippen LogP contribution in [0.3, 0.4) is 0 Å². The number of hydrogen-bond donors (Lipinski definition) is 0. The highest BCUT2D eigenvalue weighted by atomic mass is 15.2. The SMILES string of the molecule is C1=CCCC(N(c2ccc(-c3ccccc3)cc2)c2ccc(-c3cccc4c3ccn4-c3ccccc3)c(-c3ccccc3)c2)=C1.C=C/C=C\C=C\C(C=C)C/C=C/N(/C(C)=C/C=C\C)c1ccc(/C(C=C)=C/C=C/C(C=C)=C/C=C)c(-c2ccccc2)c1.C=CC(C/C=C/N(/C(C)=C/C=C\C)c1ccc(-c2ccccc2)c(-c2ccccc2)c1)c1ccccc1.c1ccccc1. The van der Waals surface area contributed by atoms with Gasteiger partial charge < -0.3 is 19.3 Å². The topological polar surface area (TPSA) is 14.7 Å². The summed E-state index contributed by atoms with van der Waals surface area (Å²) < 4.78 is 2.28. The van der Waals surface area contributed by atoms with Crippen LogP contribution in [0, 0.1) is 5.92 Å². The van der Waals surface area contributed by atoms with Crippen molar-refractivity contribution in [2.75, 3.05) is 14.7 Å². The fourth-order valence-electron chi connectivity index (χ4n) is 15.9. The van der Waals surface area contributed by atoms with E-state index in [9.17, 15) is 0 Å². The predicted octanol–water partition coefficient (Wildman–Crippen LogP) is 35.9. The molecule has 2 atom stereocenters. The molecule has 0 amide bonds. The number of fused-ring (bicyclic) bond motifs is 1. The van der Waals surface area contributed by atoms with Crippen LogP contribution in [-0.4, -0.2) is 4.57 Å². The minimum Gasteiger partial charge on any atom is -0.321 e. The van der Waals surface area contributed by atoms with Crippen LogP contribution in [-0.2, 0) is 0 Å². The molecule has 13 aromatic carbocycles. The lowest BCUT2D eigenvalue weighted by molar-refractivity contribution is 0.831. The summed E-state index contributed by atoms with van der Waals surface area (Å²) in [5.41, 5.74) is 29.3. The van der Waals surface area contributed by atoms with Crippen molar-refractivity contribution in [1.29, 1.82) is 0 Å². The van der Waals surface area contributed by atoms with Gasteiger partial charge in [0.1, 0.15) is 0 Å². The Morgan fingerprint density at radius 2 is 0.879 bits per heavy atom. The van der Waals surface area contributed by atoms with Gasteiger partial charge in [-0.05, 0) is 239 Å². The van der Waals surface area contributed by atoms with E-state index in [1.165, 1.54) is 77.8 Å². The van der Waals surface area contributed by atoms with Gasteiger partial charge in [-0.1, -0.05) is 439 Å². The number of para-hydroxylation sites is 1. The van der Waals surface area contributed by atoms with Crippen molar-refractivity contribution in [3.05, 3.63) is 596 Å². The van der Waals surface area contributed by atoms with Gasteiger partial charge in [-0.15, -0.1) is 13.2 Å². The first-order chi connectivity index (χ1) is 65.1. The normalized spacial score (nSPS) is 12.8. The summed E-state index contributed by atoms with van der Waals surface area (Å²) in [6.45, 7) is 32.0. The average molecular weight is 1710 g/mol. The molecule has 0 fully saturated rings. The van der Waals surface area contributed by atoms with Crippen LogP contribution >= 0.6 is 0 Å². The highest BCUT2D eigenvalue weighted by Crippen LogP contribution is 2.44. The summed E-state index contributed by atoms with van der Waals surface area (Å²) in [6, 6.07) is 124. The third-order valence-corrected chi connectivity index (χ3v) is 22.7. The van der Waals surface area contributed by atoms with Gasteiger partial charge >= 0.3 is 0 Å². The second-order valence-electron chi connectivity index (χ2n) is 31.5. The molecular formula is C128H120N4. The summed E-state index contributed by atoms with van der Waals surface area (Å²) >= 11 is 0. The first-order valence-electron chi connectivity index (χ1n) is 45.4. The van der Waals surface area contributed by atoms with Gasteiger partial charge in [0.15, 0.2) is 0 Å². The fraction of sp³-hybridized carbons (Fsp3) is 0.0781. The van der Waals surface area contributed by atoms with Gasteiger partial charge in [-0.25, -0.2) is 0 Å². The second kappa shape index (κ2) is 51.6. The summed E-state index contributed by atoms with van der Waals surface area (Å²) in [4.78, 5) is 6.93. The van der Waals surface area contributed by atoms with Crippen molar-refractivity contribution in [2.45, 2.75) is 59.3 Å². The summed E-state index contributed by atoms with van der Waals surface area (Å²) in [6.07, 6.45) is 61.3. The molecule has 132 heavy (non-hydrogen) atoms. The van der Waals surface area contributed by atoms with Gasteiger partial charge in [-0.2, -0.15) is 0 Å². The van der Waals surface area contributed by atoms with Crippen LogP contribution in [0.5, 0.6) is 0 Å². The second-order valence-corrected chi connectivity index (χ2v) is 31.5. The lowest BCUT2D eigenvalue weighted by Crippen LogP contribution is -2.17. The Hall–Kier alpha value is -16.1. The Kier molecular flexibility index (Phi) is 37.1. The largest absolute Gasteiger partial charge is 0.321 e. The van der Waals surface area contributed by atoms with Crippen molar-refractivity contribution in [3.8, 4) is 72.4 Å². The van der Waals surface area contributed by atoms with E-state index in [0.29, 0.717) is 0 Å². The number of allylic oxidation sites excluding steroid dienone is 30. The Labute approximate surface area is 786 Å². The minimum atomic E-state index is 0.228. The Balaban J connectivity index is 0.000000174. The lowest BCUT2D eigenvalue weighted by atomic mass is 9.91. The van der Waals surface area contributed by atoms with Gasteiger partial charge in [0.2, 0.25) is 0 Å². The third-order valence-electron chi connectivity index (χ3n) is 22.7. The highest BCUT2D eigenvalue weighted by Gasteiger charge is 2.22. The van der Waals surface area contributed by atoms with Crippen LogP contribution in [0.1, 0.15) is 70.4 Å². The fourth-order valence-corrected chi connectivity index (χ4v) is 15.9. The van der Waals surface area contributed by atoms with E-state index in [0.717, 1.165) is 93.4 Å². The van der Waals surface area contributed by atoms with Gasteiger partial charge in [-0.3, -0.25) is 0 Å². The molecule has 1 aliphatic carbocycles. The molecule has 0 aliphatic heterocycles. The van der Waals surface area contributed by atoms with Gasteiger partial charge in [0.05, 0.1) is 5.52 Å². The monoisotopic (exact) mass is 1710 g/mol. The molecule has 652 valence electrons. The van der Waals surface area contributed by atoms with Crippen LogP contribution < -0.4 is 14.7 Å². The molecule has 0 bridgehead atoms. The molecule has 0 saturated heterocycles. The van der Waals surface area contributed by atoms with Crippen molar-refractivity contribution in [3.63, 3.8) is 0 Å². The smallest absolute Gasteiger partial charge is 0.0534 e. The minimum absolute atomic E-state index is 0.228.